The fraction of sp³-hybridized carbons (Fsp3) is 0.292. The summed E-state index contributed by atoms with van der Waals surface area (Å²) in [4.78, 5) is 38.8. The lowest BCUT2D eigenvalue weighted by molar-refractivity contribution is -0.132. The average Bonchev–Trinajstić information content (AvgIpc) is 2.77. The molecule has 0 spiro atoms. The molecule has 4 rings (SSSR count). The Morgan fingerprint density at radius 1 is 1.00 bits per heavy atom. The van der Waals surface area contributed by atoms with E-state index >= 15 is 0 Å². The Labute approximate surface area is 185 Å². The van der Waals surface area contributed by atoms with E-state index in [2.05, 4.69) is 5.32 Å². The van der Waals surface area contributed by atoms with Gasteiger partial charge in [0.1, 0.15) is 17.9 Å². The van der Waals surface area contributed by atoms with E-state index in [4.69, 9.17) is 16.3 Å². The number of benzene rings is 2. The Bertz CT molecular complexity index is 1030. The summed E-state index contributed by atoms with van der Waals surface area (Å²) in [6.07, 6.45) is 6.12. The zero-order valence-corrected chi connectivity index (χ0v) is 17.7. The second-order valence-corrected chi connectivity index (χ2v) is 8.14. The number of ether oxygens (including phenoxy) is 1. The average molecular weight is 439 g/mol. The van der Waals surface area contributed by atoms with E-state index in [1.807, 2.05) is 24.3 Å². The smallest absolute Gasteiger partial charge is 0.331 e. The molecule has 1 saturated heterocycles. The van der Waals surface area contributed by atoms with Gasteiger partial charge in [-0.3, -0.25) is 19.8 Å². The minimum Gasteiger partial charge on any atom is -0.489 e. The summed E-state index contributed by atoms with van der Waals surface area (Å²) < 4.78 is 5.77. The molecule has 1 heterocycles. The lowest BCUT2D eigenvalue weighted by atomic mass is 9.93. The molecular weight excluding hydrogens is 416 g/mol. The molecule has 31 heavy (non-hydrogen) atoms. The van der Waals surface area contributed by atoms with E-state index in [0.29, 0.717) is 22.9 Å². The van der Waals surface area contributed by atoms with Gasteiger partial charge >= 0.3 is 6.03 Å². The third kappa shape index (κ3) is 4.80. The maximum Gasteiger partial charge on any atom is 0.331 e. The van der Waals surface area contributed by atoms with Crippen molar-refractivity contribution in [1.29, 1.82) is 0 Å². The molecular formula is C24H23ClN2O4. The van der Waals surface area contributed by atoms with Crippen LogP contribution in [0.1, 0.15) is 43.2 Å². The van der Waals surface area contributed by atoms with Gasteiger partial charge in [-0.15, -0.1) is 0 Å². The molecule has 4 amide bonds. The Hall–Kier alpha value is -3.12. The first kappa shape index (κ1) is 21.1. The van der Waals surface area contributed by atoms with E-state index in [0.717, 1.165) is 37.7 Å². The number of nitrogens with one attached hydrogen (secondary N) is 1. The van der Waals surface area contributed by atoms with Gasteiger partial charge in [-0.2, -0.15) is 0 Å². The number of hydrogen-bond donors (Lipinski definition) is 1. The monoisotopic (exact) mass is 438 g/mol. The molecule has 1 saturated carbocycles. The van der Waals surface area contributed by atoms with Crippen LogP contribution in [0, 0.1) is 0 Å². The Kier molecular flexibility index (Phi) is 6.37. The van der Waals surface area contributed by atoms with Crippen molar-refractivity contribution in [2.75, 3.05) is 0 Å². The van der Waals surface area contributed by atoms with Gasteiger partial charge in [-0.25, -0.2) is 4.79 Å². The van der Waals surface area contributed by atoms with Crippen LogP contribution in [0.25, 0.3) is 6.08 Å². The second-order valence-electron chi connectivity index (χ2n) is 7.73. The standard InChI is InChI=1S/C24H23ClN2O4/c25-21-9-5-4-6-17(21)15-31-19-12-10-16(11-13-19)14-20-22(28)26-24(30)27(23(20)29)18-7-2-1-3-8-18/h4-6,9-14,18H,1-3,7-8,15H2,(H,26,28,30)/b20-14-. The molecule has 0 radical (unpaired) electrons. The highest BCUT2D eigenvalue weighted by Gasteiger charge is 2.40. The van der Waals surface area contributed by atoms with Crippen LogP contribution in [0.2, 0.25) is 5.02 Å². The van der Waals surface area contributed by atoms with E-state index in [9.17, 15) is 14.4 Å². The highest BCUT2D eigenvalue weighted by Crippen LogP contribution is 2.27. The number of urea groups is 1. The van der Waals surface area contributed by atoms with Crippen LogP contribution in [-0.2, 0) is 16.2 Å². The number of amides is 4. The van der Waals surface area contributed by atoms with Gasteiger partial charge in [0, 0.05) is 16.6 Å². The van der Waals surface area contributed by atoms with Crippen molar-refractivity contribution in [3.63, 3.8) is 0 Å². The van der Waals surface area contributed by atoms with Crippen molar-refractivity contribution in [3.8, 4) is 5.75 Å². The van der Waals surface area contributed by atoms with Crippen molar-refractivity contribution < 1.29 is 19.1 Å². The highest BCUT2D eigenvalue weighted by atomic mass is 35.5. The molecule has 2 aromatic carbocycles. The molecule has 0 bridgehead atoms. The first-order valence-corrected chi connectivity index (χ1v) is 10.8. The number of hydrogen-bond acceptors (Lipinski definition) is 4. The largest absolute Gasteiger partial charge is 0.489 e. The third-order valence-electron chi connectivity index (χ3n) is 5.62. The maximum absolute atomic E-state index is 12.9. The van der Waals surface area contributed by atoms with Crippen LogP contribution in [0.15, 0.2) is 54.1 Å². The molecule has 6 nitrogen and oxygen atoms in total. The summed E-state index contributed by atoms with van der Waals surface area (Å²) in [5, 5.41) is 2.95. The molecule has 2 aromatic rings. The van der Waals surface area contributed by atoms with Crippen molar-refractivity contribution >= 4 is 35.5 Å². The maximum atomic E-state index is 12.9. The fourth-order valence-corrected chi connectivity index (χ4v) is 4.14. The summed E-state index contributed by atoms with van der Waals surface area (Å²) in [5.74, 6) is -0.554. The predicted octanol–water partition coefficient (Wildman–Crippen LogP) is 4.71. The zero-order valence-electron chi connectivity index (χ0n) is 17.0. The number of imide groups is 2. The topological polar surface area (TPSA) is 75.7 Å². The first-order valence-electron chi connectivity index (χ1n) is 10.4. The van der Waals surface area contributed by atoms with E-state index in [1.165, 1.54) is 11.0 Å². The van der Waals surface area contributed by atoms with Crippen molar-refractivity contribution in [2.24, 2.45) is 0 Å². The Morgan fingerprint density at radius 2 is 1.71 bits per heavy atom. The van der Waals surface area contributed by atoms with Gasteiger partial charge in [0.15, 0.2) is 0 Å². The van der Waals surface area contributed by atoms with Crippen LogP contribution in [-0.4, -0.2) is 28.8 Å². The molecule has 160 valence electrons. The van der Waals surface area contributed by atoms with Crippen LogP contribution < -0.4 is 10.1 Å². The third-order valence-corrected chi connectivity index (χ3v) is 5.98. The van der Waals surface area contributed by atoms with Crippen LogP contribution >= 0.6 is 11.6 Å². The van der Waals surface area contributed by atoms with Crippen LogP contribution in [0.3, 0.4) is 0 Å². The van der Waals surface area contributed by atoms with E-state index < -0.39 is 17.8 Å². The molecule has 0 unspecified atom stereocenters. The fourth-order valence-electron chi connectivity index (χ4n) is 3.95. The Balaban J connectivity index is 1.47. The number of carbonyl (C=O) groups excluding carboxylic acids is 3. The van der Waals surface area contributed by atoms with Crippen molar-refractivity contribution in [2.45, 2.75) is 44.8 Å². The van der Waals surface area contributed by atoms with E-state index in [-0.39, 0.29) is 11.6 Å². The summed E-state index contributed by atoms with van der Waals surface area (Å²) in [5.41, 5.74) is 1.52. The lowest BCUT2D eigenvalue weighted by Gasteiger charge is -2.35. The van der Waals surface area contributed by atoms with Gasteiger partial charge in [-0.1, -0.05) is 61.2 Å². The normalized spacial score (nSPS) is 18.9. The van der Waals surface area contributed by atoms with Gasteiger partial charge in [0.25, 0.3) is 11.8 Å². The molecule has 2 fully saturated rings. The minimum absolute atomic E-state index is 0.0325. The summed E-state index contributed by atoms with van der Waals surface area (Å²) in [7, 11) is 0. The van der Waals surface area contributed by atoms with Gasteiger partial charge in [0.05, 0.1) is 0 Å². The number of carbonyl (C=O) groups is 3. The minimum atomic E-state index is -0.666. The van der Waals surface area contributed by atoms with Gasteiger partial charge < -0.3 is 4.74 Å². The van der Waals surface area contributed by atoms with Crippen molar-refractivity contribution in [3.05, 3.63) is 70.3 Å². The first-order chi connectivity index (χ1) is 15.0. The van der Waals surface area contributed by atoms with Gasteiger partial charge in [0.2, 0.25) is 0 Å². The number of barbiturate groups is 1. The summed E-state index contributed by atoms with van der Waals surface area (Å²) in [6, 6.07) is 13.7. The summed E-state index contributed by atoms with van der Waals surface area (Å²) in [6.45, 7) is 0.333. The number of halogens is 1. The van der Waals surface area contributed by atoms with Gasteiger partial charge in [-0.05, 0) is 42.7 Å². The van der Waals surface area contributed by atoms with Crippen LogP contribution in [0.5, 0.6) is 5.75 Å². The molecule has 1 aliphatic heterocycles. The van der Waals surface area contributed by atoms with E-state index in [1.54, 1.807) is 24.3 Å². The zero-order chi connectivity index (χ0) is 21.8. The molecule has 1 N–H and O–H groups in total. The van der Waals surface area contributed by atoms with Crippen molar-refractivity contribution in [1.82, 2.24) is 10.2 Å². The molecule has 2 aliphatic rings. The quantitative estimate of drug-likeness (QED) is 0.541. The second kappa shape index (κ2) is 9.35. The molecule has 0 aromatic heterocycles. The highest BCUT2D eigenvalue weighted by molar-refractivity contribution is 6.31. The predicted molar refractivity (Wildman–Crippen MR) is 117 cm³/mol. The number of rotatable bonds is 5. The summed E-state index contributed by atoms with van der Waals surface area (Å²) >= 11 is 6.14. The molecule has 0 atom stereocenters. The molecule has 7 heteroatoms. The molecule has 1 aliphatic carbocycles. The lowest BCUT2D eigenvalue weighted by Crippen LogP contribution is -2.58. The Morgan fingerprint density at radius 3 is 2.42 bits per heavy atom. The SMILES string of the molecule is O=C1NC(=O)N(C2CCCCC2)C(=O)/C1=C\c1ccc(OCc2ccccc2Cl)cc1. The number of nitrogens with zero attached hydrogens (tertiary/aromatic N) is 1. The van der Waals surface area contributed by atoms with Crippen LogP contribution in [0.4, 0.5) is 4.79 Å².